The van der Waals surface area contributed by atoms with Gasteiger partial charge in [0.05, 0.1) is 0 Å². The molecule has 3 rings (SSSR count). The van der Waals surface area contributed by atoms with Crippen LogP contribution >= 0.6 is 23.2 Å². The molecule has 7 nitrogen and oxygen atoms in total. The van der Waals surface area contributed by atoms with Gasteiger partial charge in [0.25, 0.3) is 0 Å². The van der Waals surface area contributed by atoms with E-state index in [1.807, 2.05) is 6.07 Å². The van der Waals surface area contributed by atoms with Gasteiger partial charge in [-0.05, 0) is 51.1 Å². The third-order valence-electron chi connectivity index (χ3n) is 4.84. The van der Waals surface area contributed by atoms with Crippen LogP contribution in [0.2, 0.25) is 10.0 Å². The summed E-state index contributed by atoms with van der Waals surface area (Å²) in [6.45, 7) is 9.09. The van der Waals surface area contributed by atoms with Gasteiger partial charge in [0.2, 0.25) is 17.7 Å². The van der Waals surface area contributed by atoms with Crippen LogP contribution in [0.3, 0.4) is 0 Å². The highest BCUT2D eigenvalue weighted by atomic mass is 35.5. The maximum atomic E-state index is 13.6. The number of nitrogens with one attached hydrogen (secondary N) is 1. The van der Waals surface area contributed by atoms with E-state index in [0.29, 0.717) is 27.9 Å². The van der Waals surface area contributed by atoms with Crippen LogP contribution < -0.4 is 5.32 Å². The van der Waals surface area contributed by atoms with Gasteiger partial charge < -0.3 is 14.9 Å². The third-order valence-corrected chi connectivity index (χ3v) is 5.27. The number of halogens is 2. The van der Waals surface area contributed by atoms with Crippen LogP contribution in [0.1, 0.15) is 32.3 Å². The van der Waals surface area contributed by atoms with Crippen molar-refractivity contribution in [3.63, 3.8) is 0 Å². The summed E-state index contributed by atoms with van der Waals surface area (Å²) in [7, 11) is 0. The molecule has 1 atom stereocenters. The number of ether oxygens (including phenoxy) is 1. The van der Waals surface area contributed by atoms with E-state index >= 15 is 0 Å². The van der Waals surface area contributed by atoms with E-state index in [-0.39, 0.29) is 11.8 Å². The molecule has 0 bridgehead atoms. The van der Waals surface area contributed by atoms with E-state index in [9.17, 15) is 9.59 Å². The average Bonchev–Trinajstić information content (AvgIpc) is 2.71. The van der Waals surface area contributed by atoms with Crippen molar-refractivity contribution >= 4 is 46.6 Å². The van der Waals surface area contributed by atoms with Gasteiger partial charge in [0, 0.05) is 15.7 Å². The van der Waals surface area contributed by atoms with Crippen LogP contribution in [-0.4, -0.2) is 34.8 Å². The predicted molar refractivity (Wildman–Crippen MR) is 124 cm³/mol. The number of carbonyl (C=O) groups excluding carboxylic acids is 2. The van der Waals surface area contributed by atoms with Crippen LogP contribution in [0, 0.1) is 0 Å². The molecule has 1 heterocycles. The molecule has 1 fully saturated rings. The number of hydrogen-bond donors (Lipinski definition) is 1. The van der Waals surface area contributed by atoms with E-state index in [4.69, 9.17) is 32.8 Å². The fraction of sp³-hybridized carbons (Fsp3) is 0.261. The molecular weight excluding hydrogens is 453 g/mol. The molecule has 1 N–H and O–H groups in total. The van der Waals surface area contributed by atoms with E-state index < -0.39 is 23.3 Å². The van der Waals surface area contributed by atoms with Gasteiger partial charge in [-0.15, -0.1) is 0 Å². The maximum Gasteiger partial charge on any atom is 0.250 e. The number of amides is 2. The highest BCUT2D eigenvalue weighted by molar-refractivity contribution is 6.35. The molecule has 2 aromatic carbocycles. The number of rotatable bonds is 6. The lowest BCUT2D eigenvalue weighted by atomic mass is 9.92. The van der Waals surface area contributed by atoms with Crippen LogP contribution in [0.15, 0.2) is 66.1 Å². The zero-order valence-electron chi connectivity index (χ0n) is 17.9. The predicted octanol–water partition coefficient (Wildman–Crippen LogP) is 5.17. The summed E-state index contributed by atoms with van der Waals surface area (Å²) in [4.78, 5) is 33.2. The van der Waals surface area contributed by atoms with Crippen molar-refractivity contribution in [2.24, 2.45) is 5.16 Å². The van der Waals surface area contributed by atoms with Crippen LogP contribution in [0.4, 0.5) is 5.69 Å². The number of hydrogen-bond acceptors (Lipinski definition) is 5. The van der Waals surface area contributed by atoms with E-state index in [1.165, 1.54) is 4.90 Å². The number of benzene rings is 2. The number of carbonyl (C=O) groups is 2. The van der Waals surface area contributed by atoms with Crippen molar-refractivity contribution in [3.05, 3.63) is 76.6 Å². The molecule has 0 saturated carbocycles. The summed E-state index contributed by atoms with van der Waals surface area (Å²) in [5, 5.41) is 7.45. The Labute approximate surface area is 196 Å². The summed E-state index contributed by atoms with van der Waals surface area (Å²) < 4.78 is 5.78. The normalized spacial score (nSPS) is 17.8. The summed E-state index contributed by atoms with van der Waals surface area (Å²) in [6, 6.07) is 13.7. The Morgan fingerprint density at radius 1 is 1.22 bits per heavy atom. The van der Waals surface area contributed by atoms with Crippen molar-refractivity contribution < 1.29 is 19.2 Å². The minimum Gasteiger partial charge on any atom is -0.423 e. The number of oxime groups is 1. The smallest absolute Gasteiger partial charge is 0.250 e. The SMILES string of the molecule is C=C1OC(=NOCC)C(c2ccccc2)C(=O)N1C(C)(C)C(=O)Nc1cc(Cl)cc(Cl)c1. The largest absolute Gasteiger partial charge is 0.423 e. The van der Waals surface area contributed by atoms with E-state index in [1.54, 1.807) is 63.2 Å². The molecule has 168 valence electrons. The standard InChI is InChI=1S/C23H23Cl2N3O4/c1-5-31-27-20-19(15-9-7-6-8-10-15)21(29)28(14(2)32-20)23(3,4)22(30)26-18-12-16(24)11-17(25)13-18/h6-13,19H,2,5H2,1,3-4H3,(H,26,30). The monoisotopic (exact) mass is 475 g/mol. The topological polar surface area (TPSA) is 80.2 Å². The summed E-state index contributed by atoms with van der Waals surface area (Å²) in [5.74, 6) is -1.78. The van der Waals surface area contributed by atoms with Crippen molar-refractivity contribution in [1.82, 2.24) is 4.90 Å². The molecule has 1 saturated heterocycles. The third kappa shape index (κ3) is 4.89. The molecule has 0 spiro atoms. The zero-order valence-corrected chi connectivity index (χ0v) is 19.4. The lowest BCUT2D eigenvalue weighted by Gasteiger charge is -2.42. The van der Waals surface area contributed by atoms with Gasteiger partial charge in [-0.1, -0.05) is 58.7 Å². The lowest BCUT2D eigenvalue weighted by molar-refractivity contribution is -0.145. The van der Waals surface area contributed by atoms with Gasteiger partial charge in [-0.3, -0.25) is 14.5 Å². The summed E-state index contributed by atoms with van der Waals surface area (Å²) >= 11 is 12.1. The molecule has 1 unspecified atom stereocenters. The first-order valence-corrected chi connectivity index (χ1v) is 10.6. The minimum absolute atomic E-state index is 0.0371. The van der Waals surface area contributed by atoms with Crippen molar-refractivity contribution in [3.8, 4) is 0 Å². The van der Waals surface area contributed by atoms with Crippen LogP contribution in [0.25, 0.3) is 0 Å². The van der Waals surface area contributed by atoms with Gasteiger partial charge >= 0.3 is 0 Å². The Kier molecular flexibility index (Phi) is 7.11. The first-order valence-electron chi connectivity index (χ1n) is 9.88. The molecule has 0 radical (unpaired) electrons. The molecule has 9 heteroatoms. The second-order valence-electron chi connectivity index (χ2n) is 7.53. The first kappa shape index (κ1) is 23.6. The lowest BCUT2D eigenvalue weighted by Crippen LogP contribution is -2.59. The second-order valence-corrected chi connectivity index (χ2v) is 8.40. The summed E-state index contributed by atoms with van der Waals surface area (Å²) in [6.07, 6.45) is 0. The maximum absolute atomic E-state index is 13.6. The van der Waals surface area contributed by atoms with E-state index in [0.717, 1.165) is 0 Å². The Bertz CT molecular complexity index is 1050. The van der Waals surface area contributed by atoms with Gasteiger partial charge in [0.15, 0.2) is 5.88 Å². The van der Waals surface area contributed by atoms with E-state index in [2.05, 4.69) is 17.1 Å². The fourth-order valence-electron chi connectivity index (χ4n) is 3.31. The van der Waals surface area contributed by atoms with Crippen molar-refractivity contribution in [2.45, 2.75) is 32.2 Å². The van der Waals surface area contributed by atoms with Crippen molar-refractivity contribution in [1.29, 1.82) is 0 Å². The Morgan fingerprint density at radius 3 is 2.44 bits per heavy atom. The first-order chi connectivity index (χ1) is 15.1. The average molecular weight is 476 g/mol. The van der Waals surface area contributed by atoms with Gasteiger partial charge in [-0.25, -0.2) is 0 Å². The van der Waals surface area contributed by atoms with Crippen molar-refractivity contribution in [2.75, 3.05) is 11.9 Å². The Hall–Kier alpha value is -3.03. The highest BCUT2D eigenvalue weighted by Gasteiger charge is 2.49. The Balaban J connectivity index is 1.95. The zero-order chi connectivity index (χ0) is 23.5. The minimum atomic E-state index is -1.37. The number of anilines is 1. The highest BCUT2D eigenvalue weighted by Crippen LogP contribution is 2.35. The molecule has 32 heavy (non-hydrogen) atoms. The fourth-order valence-corrected chi connectivity index (χ4v) is 3.84. The number of nitrogens with zero attached hydrogens (tertiary/aromatic N) is 2. The molecule has 0 aliphatic carbocycles. The quantitative estimate of drug-likeness (QED) is 0.583. The van der Waals surface area contributed by atoms with Crippen LogP contribution in [0.5, 0.6) is 0 Å². The van der Waals surface area contributed by atoms with Gasteiger partial charge in [-0.2, -0.15) is 0 Å². The Morgan fingerprint density at radius 2 is 1.84 bits per heavy atom. The molecule has 2 aromatic rings. The molecule has 1 aliphatic heterocycles. The molecule has 2 amide bonds. The summed E-state index contributed by atoms with van der Waals surface area (Å²) in [5.41, 5.74) is -0.325. The second kappa shape index (κ2) is 9.63. The molecule has 1 aliphatic rings. The molecular formula is C23H23Cl2N3O4. The van der Waals surface area contributed by atoms with Crippen LogP contribution in [-0.2, 0) is 19.2 Å². The van der Waals surface area contributed by atoms with Gasteiger partial charge in [0.1, 0.15) is 18.1 Å². The molecule has 0 aromatic heterocycles.